The average molecular weight is 331 g/mol. The molecule has 6 heteroatoms. The minimum absolute atomic E-state index is 0.216. The van der Waals surface area contributed by atoms with Crippen LogP contribution >= 0.6 is 15.9 Å². The third kappa shape index (κ3) is 2.07. The molecule has 1 aliphatic rings. The fourth-order valence-electron chi connectivity index (χ4n) is 1.71. The Balaban J connectivity index is 2.56. The van der Waals surface area contributed by atoms with Crippen molar-refractivity contribution < 1.29 is 8.42 Å². The second kappa shape index (κ2) is 4.35. The fraction of sp³-hybridized carbons (Fsp3) is 0.417. The van der Waals surface area contributed by atoms with Crippen molar-refractivity contribution in [3.63, 3.8) is 0 Å². The molecule has 0 saturated heterocycles. The summed E-state index contributed by atoms with van der Waals surface area (Å²) in [5, 5.41) is 0.720. The van der Waals surface area contributed by atoms with Crippen LogP contribution in [0.5, 0.6) is 0 Å². The van der Waals surface area contributed by atoms with Gasteiger partial charge in [-0.25, -0.2) is 0 Å². The largest absolute Gasteiger partial charge is 0.353 e. The van der Waals surface area contributed by atoms with E-state index in [1.54, 1.807) is 18.2 Å². The lowest BCUT2D eigenvalue weighted by Crippen LogP contribution is -2.46. The molecule has 1 heterocycles. The van der Waals surface area contributed by atoms with Gasteiger partial charge in [-0.1, -0.05) is 28.1 Å². The van der Waals surface area contributed by atoms with Crippen molar-refractivity contribution >= 4 is 31.8 Å². The van der Waals surface area contributed by atoms with Gasteiger partial charge in [0.05, 0.1) is 0 Å². The zero-order valence-corrected chi connectivity index (χ0v) is 12.9. The van der Waals surface area contributed by atoms with Crippen molar-refractivity contribution in [2.24, 2.45) is 4.40 Å². The van der Waals surface area contributed by atoms with Gasteiger partial charge in [-0.15, -0.1) is 4.40 Å². The highest BCUT2D eigenvalue weighted by Gasteiger charge is 2.35. The molecule has 0 aliphatic carbocycles. The third-order valence-corrected chi connectivity index (χ3v) is 5.86. The molecule has 1 aliphatic heterocycles. The minimum Gasteiger partial charge on any atom is -0.353 e. The Morgan fingerprint density at radius 1 is 1.33 bits per heavy atom. The van der Waals surface area contributed by atoms with E-state index >= 15 is 0 Å². The van der Waals surface area contributed by atoms with Crippen molar-refractivity contribution in [2.75, 3.05) is 12.4 Å². The lowest BCUT2D eigenvalue weighted by atomic mass is 10.0. The van der Waals surface area contributed by atoms with Crippen LogP contribution in [0, 0.1) is 0 Å². The summed E-state index contributed by atoms with van der Waals surface area (Å²) >= 11 is 3.44. The van der Waals surface area contributed by atoms with Gasteiger partial charge in [0.1, 0.15) is 4.90 Å². The molecule has 0 radical (unpaired) electrons. The van der Waals surface area contributed by atoms with Crippen LogP contribution in [0.2, 0.25) is 0 Å². The van der Waals surface area contributed by atoms with Gasteiger partial charge in [-0.05, 0) is 26.0 Å². The number of hydrogen-bond acceptors (Lipinski definition) is 3. The number of sulfonamides is 1. The van der Waals surface area contributed by atoms with Gasteiger partial charge in [-0.2, -0.15) is 8.42 Å². The van der Waals surface area contributed by atoms with Crippen LogP contribution in [0.25, 0.3) is 0 Å². The molecule has 0 N–H and O–H groups in total. The topological polar surface area (TPSA) is 49.7 Å². The Labute approximate surface area is 116 Å². The summed E-state index contributed by atoms with van der Waals surface area (Å²) in [6, 6.07) is 6.92. The number of nitrogens with zero attached hydrogens (tertiary/aromatic N) is 2. The molecule has 0 unspecified atom stereocenters. The molecule has 0 saturated carbocycles. The standard InChI is InChI=1S/C12H15BrN2O2S/c1-12(2,8-13)15(3)11-9-6-4-5-7-10(9)18(16,17)14-11/h4-7H,8H2,1-3H3. The summed E-state index contributed by atoms with van der Waals surface area (Å²) in [6.07, 6.45) is 0. The Bertz CT molecular complexity index is 608. The van der Waals surface area contributed by atoms with E-state index in [1.807, 2.05) is 31.9 Å². The molecule has 1 aromatic carbocycles. The van der Waals surface area contributed by atoms with Gasteiger partial charge in [-0.3, -0.25) is 0 Å². The Hall–Kier alpha value is -0.880. The lowest BCUT2D eigenvalue weighted by molar-refractivity contribution is 0.291. The molecular weight excluding hydrogens is 316 g/mol. The first-order chi connectivity index (χ1) is 8.29. The van der Waals surface area contributed by atoms with Crippen LogP contribution in [-0.2, 0) is 10.0 Å². The second-order valence-corrected chi connectivity index (χ2v) is 7.02. The first-order valence-corrected chi connectivity index (χ1v) is 8.10. The van der Waals surface area contributed by atoms with E-state index in [9.17, 15) is 8.42 Å². The van der Waals surface area contributed by atoms with E-state index in [0.717, 1.165) is 5.33 Å². The summed E-state index contributed by atoms with van der Waals surface area (Å²) in [5.41, 5.74) is 0.459. The molecule has 0 spiro atoms. The molecule has 98 valence electrons. The number of fused-ring (bicyclic) bond motifs is 1. The lowest BCUT2D eigenvalue weighted by Gasteiger charge is -2.35. The summed E-state index contributed by atoms with van der Waals surface area (Å²) in [6.45, 7) is 4.05. The zero-order chi connectivity index (χ0) is 13.6. The molecular formula is C12H15BrN2O2S. The number of halogens is 1. The van der Waals surface area contributed by atoms with Gasteiger partial charge in [0, 0.05) is 23.5 Å². The van der Waals surface area contributed by atoms with E-state index in [1.165, 1.54) is 0 Å². The molecule has 0 fully saturated rings. The third-order valence-electron chi connectivity index (χ3n) is 3.17. The van der Waals surface area contributed by atoms with Crippen molar-refractivity contribution in [1.29, 1.82) is 0 Å². The predicted octanol–water partition coefficient (Wildman–Crippen LogP) is 2.24. The normalized spacial score (nSPS) is 17.2. The van der Waals surface area contributed by atoms with Crippen LogP contribution in [0.3, 0.4) is 0 Å². The maximum absolute atomic E-state index is 12.0. The average Bonchev–Trinajstić information content (AvgIpc) is 2.61. The Morgan fingerprint density at radius 2 is 1.94 bits per heavy atom. The highest BCUT2D eigenvalue weighted by atomic mass is 79.9. The molecule has 2 rings (SSSR count). The van der Waals surface area contributed by atoms with Gasteiger partial charge >= 0.3 is 0 Å². The van der Waals surface area contributed by atoms with Crippen LogP contribution in [0.4, 0.5) is 0 Å². The zero-order valence-electron chi connectivity index (χ0n) is 10.5. The van der Waals surface area contributed by atoms with Crippen LogP contribution in [-0.4, -0.2) is 37.1 Å². The quantitative estimate of drug-likeness (QED) is 0.781. The molecule has 0 aromatic heterocycles. The van der Waals surface area contributed by atoms with Crippen LogP contribution < -0.4 is 0 Å². The SMILES string of the molecule is CN(C1=NS(=O)(=O)c2ccccc21)C(C)(C)CBr. The molecule has 4 nitrogen and oxygen atoms in total. The van der Waals surface area contributed by atoms with E-state index in [-0.39, 0.29) is 10.4 Å². The highest BCUT2D eigenvalue weighted by Crippen LogP contribution is 2.30. The molecule has 0 atom stereocenters. The number of amidine groups is 1. The van der Waals surface area contributed by atoms with Crippen molar-refractivity contribution in [3.05, 3.63) is 29.8 Å². The first-order valence-electron chi connectivity index (χ1n) is 5.54. The van der Waals surface area contributed by atoms with Gasteiger partial charge in [0.25, 0.3) is 10.0 Å². The van der Waals surface area contributed by atoms with Gasteiger partial charge < -0.3 is 4.90 Å². The van der Waals surface area contributed by atoms with Crippen molar-refractivity contribution in [3.8, 4) is 0 Å². The minimum atomic E-state index is -3.54. The van der Waals surface area contributed by atoms with Crippen LogP contribution in [0.1, 0.15) is 19.4 Å². The summed E-state index contributed by atoms with van der Waals surface area (Å²) < 4.78 is 27.8. The summed E-state index contributed by atoms with van der Waals surface area (Å²) in [5.74, 6) is 0.509. The van der Waals surface area contributed by atoms with E-state index < -0.39 is 10.0 Å². The molecule has 1 aromatic rings. The molecule has 18 heavy (non-hydrogen) atoms. The maximum Gasteiger partial charge on any atom is 0.285 e. The summed E-state index contributed by atoms with van der Waals surface area (Å²) in [4.78, 5) is 2.18. The van der Waals surface area contributed by atoms with Gasteiger partial charge in [0.15, 0.2) is 5.84 Å². The Kier molecular flexibility index (Phi) is 3.27. The van der Waals surface area contributed by atoms with E-state index in [4.69, 9.17) is 0 Å². The number of hydrogen-bond donors (Lipinski definition) is 0. The predicted molar refractivity (Wildman–Crippen MR) is 75.8 cm³/mol. The van der Waals surface area contributed by atoms with E-state index in [2.05, 4.69) is 20.3 Å². The smallest absolute Gasteiger partial charge is 0.285 e. The van der Waals surface area contributed by atoms with Crippen molar-refractivity contribution in [1.82, 2.24) is 4.90 Å². The number of rotatable bonds is 2. The molecule has 0 bridgehead atoms. The van der Waals surface area contributed by atoms with Gasteiger partial charge in [0.2, 0.25) is 0 Å². The van der Waals surface area contributed by atoms with E-state index in [0.29, 0.717) is 11.4 Å². The summed E-state index contributed by atoms with van der Waals surface area (Å²) in [7, 11) is -1.68. The monoisotopic (exact) mass is 330 g/mol. The highest BCUT2D eigenvalue weighted by molar-refractivity contribution is 9.09. The van der Waals surface area contributed by atoms with Crippen molar-refractivity contribution in [2.45, 2.75) is 24.3 Å². The first kappa shape index (κ1) is 13.5. The number of alkyl halides is 1. The Morgan fingerprint density at radius 3 is 2.56 bits per heavy atom. The molecule has 0 amide bonds. The second-order valence-electron chi connectivity index (χ2n) is 4.89. The fourth-order valence-corrected chi connectivity index (χ4v) is 3.32. The number of benzene rings is 1. The maximum atomic E-state index is 12.0. The van der Waals surface area contributed by atoms with Crippen LogP contribution in [0.15, 0.2) is 33.6 Å².